The molecule has 0 aliphatic rings. The number of hydrogen-bond acceptors (Lipinski definition) is 6. The molecule has 3 amide bonds. The fraction of sp³-hybridized carbons (Fsp3) is 0.222. The van der Waals surface area contributed by atoms with Gasteiger partial charge in [0.15, 0.2) is 0 Å². The lowest BCUT2D eigenvalue weighted by Crippen LogP contribution is -2.54. The number of nitrogens with one attached hydrogen (secondary N) is 2. The van der Waals surface area contributed by atoms with Gasteiger partial charge in [-0.3, -0.25) is 23.5 Å². The fourth-order valence-corrected chi connectivity index (χ4v) is 5.81. The van der Waals surface area contributed by atoms with Crippen LogP contribution in [0.4, 0.5) is 23.2 Å². The van der Waals surface area contributed by atoms with Crippen LogP contribution in [0.3, 0.4) is 0 Å². The van der Waals surface area contributed by atoms with E-state index in [2.05, 4.69) is 20.7 Å². The zero-order valence-electron chi connectivity index (χ0n) is 24.5. The standard InChI is InChI=1S/C27H25F4IN6O9P2/c28-26(29,48(42,43)44)17-6-1-14(2-7-17)11-21(23(33)39)35-25(41)22(36-24(40)16-5-10-20(37-38-34)19(32)13-16)12-15-3-8-18(9-4-15)27(30,31)49(45,46)47/h1-10,13,21-22H,11-12H2,(H2,33,39)(H,35,41)(H,36,40)(H2,42,43,44)(H2,45,46,47). The molecule has 49 heavy (non-hydrogen) atoms. The van der Waals surface area contributed by atoms with Crippen molar-refractivity contribution < 1.29 is 60.6 Å². The summed E-state index contributed by atoms with van der Waals surface area (Å²) in [6.07, 6.45) is -0.806. The molecule has 0 saturated carbocycles. The van der Waals surface area contributed by atoms with Crippen LogP contribution in [0.5, 0.6) is 0 Å². The first-order valence-corrected chi connectivity index (χ1v) is 17.7. The van der Waals surface area contributed by atoms with E-state index in [1.807, 2.05) is 0 Å². The third kappa shape index (κ3) is 9.64. The molecule has 0 spiro atoms. The average molecular weight is 842 g/mol. The monoisotopic (exact) mass is 842 g/mol. The maximum absolute atomic E-state index is 14.2. The smallest absolute Gasteiger partial charge is 0.368 e. The number of carbonyl (C=O) groups is 3. The van der Waals surface area contributed by atoms with E-state index in [0.29, 0.717) is 27.8 Å². The van der Waals surface area contributed by atoms with Gasteiger partial charge in [-0.2, -0.15) is 17.6 Å². The van der Waals surface area contributed by atoms with Crippen molar-refractivity contribution in [3.63, 3.8) is 0 Å². The minimum absolute atomic E-state index is 0.00521. The van der Waals surface area contributed by atoms with Crippen LogP contribution >= 0.6 is 37.8 Å². The lowest BCUT2D eigenvalue weighted by atomic mass is 10.0. The Kier molecular flexibility index (Phi) is 12.4. The zero-order chi connectivity index (χ0) is 36.9. The largest absolute Gasteiger partial charge is 0.399 e. The molecule has 0 saturated heterocycles. The number of hydrogen-bond donors (Lipinski definition) is 7. The van der Waals surface area contributed by atoms with Crippen LogP contribution in [0.2, 0.25) is 0 Å². The second-order valence-corrected chi connectivity index (χ2v) is 14.8. The molecular formula is C27H25F4IN6O9P2. The highest BCUT2D eigenvalue weighted by Crippen LogP contribution is 2.60. The van der Waals surface area contributed by atoms with Crippen LogP contribution in [-0.4, -0.2) is 49.4 Å². The van der Waals surface area contributed by atoms with E-state index in [9.17, 15) is 41.1 Å². The Bertz CT molecular complexity index is 1890. The van der Waals surface area contributed by atoms with E-state index in [1.54, 1.807) is 22.6 Å². The molecule has 22 heteroatoms. The number of halogens is 5. The Morgan fingerprint density at radius 3 is 1.65 bits per heavy atom. The number of alkyl halides is 4. The van der Waals surface area contributed by atoms with Crippen LogP contribution < -0.4 is 16.4 Å². The van der Waals surface area contributed by atoms with Crippen molar-refractivity contribution in [2.75, 3.05) is 0 Å². The lowest BCUT2D eigenvalue weighted by molar-refractivity contribution is -0.128. The highest BCUT2D eigenvalue weighted by molar-refractivity contribution is 14.1. The van der Waals surface area contributed by atoms with Crippen molar-refractivity contribution >= 4 is 61.2 Å². The van der Waals surface area contributed by atoms with Gasteiger partial charge < -0.3 is 35.9 Å². The van der Waals surface area contributed by atoms with Gasteiger partial charge >= 0.3 is 26.5 Å². The van der Waals surface area contributed by atoms with Crippen LogP contribution in [-0.2, 0) is 42.9 Å². The first-order valence-electron chi connectivity index (χ1n) is 13.4. The van der Waals surface area contributed by atoms with E-state index >= 15 is 0 Å². The highest BCUT2D eigenvalue weighted by atomic mass is 127. The Hall–Kier alpha value is -3.87. The molecule has 262 valence electrons. The van der Waals surface area contributed by atoms with Gasteiger partial charge in [0.05, 0.1) is 5.69 Å². The van der Waals surface area contributed by atoms with Crippen molar-refractivity contribution in [2.24, 2.45) is 10.8 Å². The number of primary amides is 1. The summed E-state index contributed by atoms with van der Waals surface area (Å²) in [4.78, 5) is 77.5. The summed E-state index contributed by atoms with van der Waals surface area (Å²) in [5, 5.41) is 8.22. The molecule has 0 radical (unpaired) electrons. The molecule has 0 heterocycles. The summed E-state index contributed by atoms with van der Waals surface area (Å²) in [6, 6.07) is 7.85. The second kappa shape index (κ2) is 15.3. The van der Waals surface area contributed by atoms with Gasteiger partial charge in [-0.1, -0.05) is 59.7 Å². The molecule has 0 bridgehead atoms. The van der Waals surface area contributed by atoms with E-state index in [-0.39, 0.29) is 22.4 Å². The van der Waals surface area contributed by atoms with Gasteiger partial charge in [-0.15, -0.1) is 0 Å². The number of azide groups is 1. The first kappa shape index (κ1) is 39.6. The molecule has 3 aromatic carbocycles. The molecule has 2 atom stereocenters. The van der Waals surface area contributed by atoms with Crippen LogP contribution in [0.25, 0.3) is 10.4 Å². The van der Waals surface area contributed by atoms with Crippen molar-refractivity contribution in [3.05, 3.63) is 109 Å². The van der Waals surface area contributed by atoms with Crippen LogP contribution in [0, 0.1) is 3.57 Å². The summed E-state index contributed by atoms with van der Waals surface area (Å²) in [6.45, 7) is 0. The number of benzene rings is 3. The van der Waals surface area contributed by atoms with E-state index in [4.69, 9.17) is 30.8 Å². The minimum Gasteiger partial charge on any atom is -0.368 e. The van der Waals surface area contributed by atoms with E-state index in [0.717, 1.165) is 24.3 Å². The maximum atomic E-state index is 14.2. The fourth-order valence-electron chi connectivity index (χ4n) is 4.21. The van der Waals surface area contributed by atoms with Crippen molar-refractivity contribution in [3.8, 4) is 0 Å². The number of amides is 3. The number of rotatable bonds is 14. The average Bonchev–Trinajstić information content (AvgIpc) is 3.00. The molecule has 3 rings (SSSR count). The van der Waals surface area contributed by atoms with Crippen molar-refractivity contribution in [1.29, 1.82) is 0 Å². The number of nitrogens with zero attached hydrogens (tertiary/aromatic N) is 3. The Labute approximate surface area is 287 Å². The summed E-state index contributed by atoms with van der Waals surface area (Å²) in [7, 11) is -11.7. The molecule has 8 N–H and O–H groups in total. The molecular weight excluding hydrogens is 817 g/mol. The molecule has 2 unspecified atom stereocenters. The normalized spacial score (nSPS) is 13.5. The molecule has 0 fully saturated rings. The molecule has 3 aromatic rings. The zero-order valence-corrected chi connectivity index (χ0v) is 28.4. The van der Waals surface area contributed by atoms with Gasteiger partial charge in [0.25, 0.3) is 5.91 Å². The van der Waals surface area contributed by atoms with Crippen LogP contribution in [0.15, 0.2) is 71.8 Å². The minimum atomic E-state index is -5.88. The van der Waals surface area contributed by atoms with Crippen molar-refractivity contribution in [2.45, 2.75) is 36.3 Å². The second-order valence-electron chi connectivity index (χ2n) is 10.3. The Morgan fingerprint density at radius 1 is 0.816 bits per heavy atom. The predicted molar refractivity (Wildman–Crippen MR) is 173 cm³/mol. The summed E-state index contributed by atoms with van der Waals surface area (Å²) in [5.41, 5.74) is 3.51. The molecule has 15 nitrogen and oxygen atoms in total. The van der Waals surface area contributed by atoms with E-state index < -0.39 is 80.3 Å². The summed E-state index contributed by atoms with van der Waals surface area (Å²) in [5.74, 6) is -2.96. The SMILES string of the molecule is [N-]=[N+]=Nc1ccc(C(=O)NC(Cc2ccc(C(F)(F)P(=O)(O)O)cc2)C(=O)NC(Cc2ccc(C(F)(F)P(=O)(O)O)cc2)C(N)=O)cc1I. The molecule has 0 aromatic heterocycles. The lowest BCUT2D eigenvalue weighted by Gasteiger charge is -2.23. The number of carbonyl (C=O) groups excluding carboxylic acids is 3. The van der Waals surface area contributed by atoms with Gasteiger partial charge in [0, 0.05) is 38.0 Å². The van der Waals surface area contributed by atoms with Crippen molar-refractivity contribution in [1.82, 2.24) is 10.6 Å². The molecule has 0 aliphatic carbocycles. The third-order valence-electron chi connectivity index (χ3n) is 6.86. The first-order chi connectivity index (χ1) is 22.6. The van der Waals surface area contributed by atoms with Gasteiger partial charge in [-0.05, 0) is 51.4 Å². The summed E-state index contributed by atoms with van der Waals surface area (Å²) >= 11 is 1.79. The molecule has 0 aliphatic heterocycles. The topological polar surface area (TPSA) is 265 Å². The third-order valence-corrected chi connectivity index (χ3v) is 9.70. The highest BCUT2D eigenvalue weighted by Gasteiger charge is 2.51. The maximum Gasteiger partial charge on any atom is 0.399 e. The predicted octanol–water partition coefficient (Wildman–Crippen LogP) is 4.24. The van der Waals surface area contributed by atoms with Crippen LogP contribution in [0.1, 0.15) is 32.6 Å². The Balaban J connectivity index is 1.90. The quantitative estimate of drug-likeness (QED) is 0.0305. The van der Waals surface area contributed by atoms with Gasteiger partial charge in [-0.25, -0.2) is 0 Å². The van der Waals surface area contributed by atoms with Gasteiger partial charge in [0.2, 0.25) is 11.8 Å². The Morgan fingerprint density at radius 2 is 1.27 bits per heavy atom. The summed E-state index contributed by atoms with van der Waals surface area (Å²) < 4.78 is 79.2. The van der Waals surface area contributed by atoms with Gasteiger partial charge in [0.1, 0.15) is 12.1 Å². The number of nitrogens with two attached hydrogens (primary N) is 1. The van der Waals surface area contributed by atoms with E-state index in [1.165, 1.54) is 18.2 Å².